The molecule has 32 nitrogen and oxygen atoms in total. The Labute approximate surface area is 721 Å². The molecule has 3 fully saturated rings. The van der Waals surface area contributed by atoms with Gasteiger partial charge in [-0.25, -0.2) is 9.18 Å². The van der Waals surface area contributed by atoms with Crippen LogP contribution in [-0.4, -0.2) is 287 Å². The second kappa shape index (κ2) is 45.6. The van der Waals surface area contributed by atoms with Gasteiger partial charge in [-0.15, -0.1) is 0 Å². The highest BCUT2D eigenvalue weighted by atomic mass is 19.1. The number of carbonyl (C=O) groups excluding carboxylic acids is 16. The SMILES string of the molecule is C/C=C/C[C@@H](C)[C@@H](OC(=O)CN(C)C(=O)CNC(=O)OCCC(=O)CCC(=O)OCC(=O)[C@@]1(O)[C@H](C)CC2C3CCC4=CC(=O)C=C[C@]4(C)[C@@]3(F)[C@@H](O)C[C@@]21C)[C@@H](C(=O)N[C@@H](CC)C(=O)N(C)CC(=O)N(C)[C@@H](CC(C)C)C(=O)N[C@H](C(=O)N(C)[C@@H](CC(C)C)C(N)=O)C(C)C)N(C)C(=O)[C@H](C(C)C)N(C)C(=O)[C@H](CC(C)C)N(C)C(=O)CCC(C)C. The molecule has 0 aromatic heterocycles. The van der Waals surface area contributed by atoms with Crippen molar-refractivity contribution in [3.8, 4) is 0 Å². The van der Waals surface area contributed by atoms with Crippen LogP contribution in [0.25, 0.3) is 0 Å². The van der Waals surface area contributed by atoms with E-state index in [1.165, 1.54) is 80.1 Å². The molecule has 11 amide bonds. The van der Waals surface area contributed by atoms with Crippen LogP contribution in [0.15, 0.2) is 36.0 Å². The Bertz CT molecular complexity index is 3860. The molecule has 2 unspecified atom stereocenters. The Morgan fingerprint density at radius 2 is 1.22 bits per heavy atom. The molecule has 3 saturated carbocycles. The van der Waals surface area contributed by atoms with Crippen molar-refractivity contribution in [3.63, 3.8) is 0 Å². The topological polar surface area (TPSA) is 426 Å². The lowest BCUT2D eigenvalue weighted by Crippen LogP contribution is -2.69. The first-order valence-electron chi connectivity index (χ1n) is 43.2. The van der Waals surface area contributed by atoms with Gasteiger partial charge in [0.1, 0.15) is 79.5 Å². The fraction of sp³-hybridized carbons (Fsp3) is 0.753. The fourth-order valence-corrected chi connectivity index (χ4v) is 18.0. The molecule has 33 heteroatoms. The van der Waals surface area contributed by atoms with Crippen LogP contribution >= 0.6 is 0 Å². The van der Waals surface area contributed by atoms with E-state index in [4.69, 9.17) is 19.9 Å². The van der Waals surface area contributed by atoms with Gasteiger partial charge in [-0.3, -0.25) is 71.9 Å². The number of nitrogens with zero attached hydrogens (tertiary/aromatic N) is 7. The standard InChI is InChI=1S/C89H144FN11O21/c1-26-28-29-56(15)77(122-73(110)48-95(19)70(107)46-92-85(118)120-39-37-59(102)32-35-72(109)121-49-68(105)89(119)57(16)43-62-61-33-31-58-44-60(103)36-38-86(58,17)88(61,90)67(104)45-87(62,89)18)76(101(25)84(117)75(55(13)14)100(24)82(115)66(42-53(9)10)98(22)69(106)34-30-50(3)4)80(113)93-63(27-2)81(114)96(20)47-71(108)97(21)65(41-52(7)8)79(112)94-74(54(11)12)83(116)99(23)64(78(91)111)40-51(5)6/h26,28,36,38,44,50-57,61-67,74-77,104,119H,27,29-35,37,39-43,45-49H2,1-25H3,(H2,91,111)(H,92,118)(H,93,113)(H,94,112)/b28-26+/t56-,57-,61?,62?,63+,64+,65+,66+,67+,74+,75+,76+,77-,86+,87+,88+,89+/m1/s1. The number of nitrogens with one attached hydrogen (secondary N) is 3. The summed E-state index contributed by atoms with van der Waals surface area (Å²) in [6, 6.07) is -8.93. The van der Waals surface area contributed by atoms with Crippen molar-refractivity contribution in [2.24, 2.45) is 75.7 Å². The van der Waals surface area contributed by atoms with Crippen LogP contribution in [0, 0.1) is 70.0 Å². The summed E-state index contributed by atoms with van der Waals surface area (Å²) in [6.07, 6.45) is 3.91. The number of Topliss-reactive ketones (excluding diaryl/α,β-unsaturated/α-hetero) is 2. The van der Waals surface area contributed by atoms with E-state index in [0.29, 0.717) is 18.4 Å². The number of ether oxygens (including phenoxy) is 3. The fourth-order valence-electron chi connectivity index (χ4n) is 18.0. The lowest BCUT2D eigenvalue weighted by Gasteiger charge is -2.62. The molecule has 0 aliphatic heterocycles. The van der Waals surface area contributed by atoms with Gasteiger partial charge in [-0.1, -0.05) is 135 Å². The number of likely N-dealkylation sites (N-methyl/N-ethyl adjacent to an activating group) is 7. The number of alkyl carbamates (subject to hydrolysis) is 1. The van der Waals surface area contributed by atoms with Crippen molar-refractivity contribution in [2.45, 2.75) is 280 Å². The lowest BCUT2D eigenvalue weighted by atomic mass is 9.44. The zero-order valence-corrected chi connectivity index (χ0v) is 77.0. The summed E-state index contributed by atoms with van der Waals surface area (Å²) in [7, 11) is 9.58. The number of nitrogens with two attached hydrogens (primary N) is 1. The smallest absolute Gasteiger partial charge is 0.407 e. The van der Waals surface area contributed by atoms with Crippen LogP contribution in [0.4, 0.5) is 9.18 Å². The van der Waals surface area contributed by atoms with E-state index in [-0.39, 0.29) is 93.1 Å². The number of primary amides is 1. The van der Waals surface area contributed by atoms with Crippen LogP contribution in [0.1, 0.15) is 215 Å². The second-order valence-corrected chi connectivity index (χ2v) is 37.2. The Balaban J connectivity index is 1.54. The van der Waals surface area contributed by atoms with Gasteiger partial charge < -0.3 is 80.4 Å². The average molecular weight is 1720 g/mol. The highest BCUT2D eigenvalue weighted by Gasteiger charge is 2.76. The predicted octanol–water partition coefficient (Wildman–Crippen LogP) is 6.23. The van der Waals surface area contributed by atoms with Crippen LogP contribution in [0.2, 0.25) is 0 Å². The van der Waals surface area contributed by atoms with Crippen LogP contribution in [0.3, 0.4) is 0 Å². The largest absolute Gasteiger partial charge is 0.458 e. The molecule has 0 radical (unpaired) electrons. The van der Waals surface area contributed by atoms with Crippen molar-refractivity contribution >= 4 is 94.5 Å². The Morgan fingerprint density at radius 3 is 1.78 bits per heavy atom. The van der Waals surface area contributed by atoms with E-state index in [0.717, 1.165) is 14.7 Å². The number of esters is 2. The number of hydrogen-bond acceptors (Lipinski definition) is 21. The third-order valence-electron chi connectivity index (χ3n) is 25.5. The number of amides is 11. The van der Waals surface area contributed by atoms with E-state index in [1.807, 2.05) is 55.4 Å². The number of fused-ring (bicyclic) bond motifs is 5. The van der Waals surface area contributed by atoms with Gasteiger partial charge in [0.15, 0.2) is 18.1 Å². The third kappa shape index (κ3) is 25.6. The molecule has 688 valence electrons. The molecule has 4 aliphatic carbocycles. The zero-order valence-electron chi connectivity index (χ0n) is 77.0. The molecule has 0 spiro atoms. The normalized spacial score (nSPS) is 23.3. The van der Waals surface area contributed by atoms with E-state index in [2.05, 4.69) is 16.0 Å². The number of hydrogen-bond donors (Lipinski definition) is 6. The summed E-state index contributed by atoms with van der Waals surface area (Å²) in [6.45, 7) is 28.3. The Hall–Kier alpha value is -9.01. The minimum Gasteiger partial charge on any atom is -0.458 e. The Morgan fingerprint density at radius 1 is 0.639 bits per heavy atom. The summed E-state index contributed by atoms with van der Waals surface area (Å²) in [5, 5.41) is 31.9. The molecule has 0 bridgehead atoms. The summed E-state index contributed by atoms with van der Waals surface area (Å²) >= 11 is 0. The van der Waals surface area contributed by atoms with Crippen molar-refractivity contribution in [1.82, 2.24) is 50.2 Å². The molecule has 4 rings (SSSR count). The van der Waals surface area contributed by atoms with Crippen LogP contribution < -0.4 is 21.7 Å². The van der Waals surface area contributed by atoms with Crippen LogP contribution in [0.5, 0.6) is 0 Å². The van der Waals surface area contributed by atoms with E-state index in [9.17, 15) is 77.3 Å². The van der Waals surface area contributed by atoms with Crippen LogP contribution in [-0.2, 0) is 86.1 Å². The van der Waals surface area contributed by atoms with Crippen molar-refractivity contribution in [2.75, 3.05) is 82.2 Å². The minimum absolute atomic E-state index is 0.00919. The molecule has 17 atom stereocenters. The number of carbonyl (C=O) groups is 16. The highest BCUT2D eigenvalue weighted by Crippen LogP contribution is 2.71. The van der Waals surface area contributed by atoms with Crippen molar-refractivity contribution < 1.29 is 106 Å². The molecule has 0 aromatic rings. The first-order valence-corrected chi connectivity index (χ1v) is 43.2. The summed E-state index contributed by atoms with van der Waals surface area (Å²) < 4.78 is 34.4. The first-order chi connectivity index (χ1) is 56.6. The van der Waals surface area contributed by atoms with Gasteiger partial charge in [0.05, 0.1) is 19.1 Å². The van der Waals surface area contributed by atoms with E-state index in [1.54, 1.807) is 88.4 Å². The van der Waals surface area contributed by atoms with Gasteiger partial charge in [0.2, 0.25) is 64.9 Å². The molecule has 4 aliphatic rings. The predicted molar refractivity (Wildman–Crippen MR) is 454 cm³/mol. The number of halogens is 1. The van der Waals surface area contributed by atoms with Crippen molar-refractivity contribution in [3.05, 3.63) is 36.0 Å². The maximum Gasteiger partial charge on any atom is 0.407 e. The highest BCUT2D eigenvalue weighted by molar-refractivity contribution is 6.02. The second-order valence-electron chi connectivity index (χ2n) is 37.2. The molecule has 0 saturated heterocycles. The summed E-state index contributed by atoms with van der Waals surface area (Å²) in [4.78, 5) is 232. The summed E-state index contributed by atoms with van der Waals surface area (Å²) in [5.41, 5.74) is -0.625. The lowest BCUT2D eigenvalue weighted by molar-refractivity contribution is -0.220. The molecule has 0 heterocycles. The maximum absolute atomic E-state index is 17.7. The molecule has 7 N–H and O–H groups in total. The number of allylic oxidation sites excluding steroid dienone is 6. The van der Waals surface area contributed by atoms with Gasteiger partial charge >= 0.3 is 18.0 Å². The van der Waals surface area contributed by atoms with Gasteiger partial charge in [-0.2, -0.15) is 0 Å². The number of rotatable bonds is 46. The molecule has 0 aromatic carbocycles. The van der Waals surface area contributed by atoms with Gasteiger partial charge in [0.25, 0.3) is 0 Å². The van der Waals surface area contributed by atoms with E-state index >= 15 is 14.0 Å². The van der Waals surface area contributed by atoms with Gasteiger partial charge in [0, 0.05) is 85.3 Å². The number of ketones is 3. The number of aliphatic hydroxyl groups is 2. The zero-order chi connectivity index (χ0) is 93.0. The Kier molecular flexibility index (Phi) is 39.3. The average Bonchev–Trinajstić information content (AvgIpc) is 1.45. The monoisotopic (exact) mass is 1720 g/mol. The third-order valence-corrected chi connectivity index (χ3v) is 25.5. The minimum atomic E-state index is -2.20. The van der Waals surface area contributed by atoms with Crippen molar-refractivity contribution in [1.29, 1.82) is 0 Å². The maximum atomic E-state index is 17.7. The molecular formula is C89H144FN11O21. The van der Waals surface area contributed by atoms with Gasteiger partial charge in [-0.05, 0) is 143 Å². The number of aliphatic hydroxyl groups excluding tert-OH is 1. The van der Waals surface area contributed by atoms with E-state index < -0.39 is 247 Å². The first kappa shape index (κ1) is 105. The summed E-state index contributed by atoms with van der Waals surface area (Å²) in [5.74, 6) is -14.9. The molecule has 122 heavy (non-hydrogen) atoms. The molecular weight excluding hydrogens is 1580 g/mol. The quantitative estimate of drug-likeness (QED) is 0.0223. The number of alkyl halides is 1.